The molecular formula is C23H27N3O4. The number of benzene rings is 2. The standard InChI is InChI=1S/C23H27N3O4/c1-29-14-4-11-26-21(19-5-2-3-6-20(19)23(26)28)24-18-9-7-17(8-10-18)22(27)25-12-15-30-16-13-25/h2-3,5-10,21,24H,4,11-16H2,1H3. The highest BCUT2D eigenvalue weighted by Gasteiger charge is 2.36. The second-order valence-corrected chi connectivity index (χ2v) is 7.46. The fraction of sp³-hybridized carbons (Fsp3) is 0.391. The van der Waals surface area contributed by atoms with Gasteiger partial charge in [0, 0.05) is 55.7 Å². The van der Waals surface area contributed by atoms with Crippen LogP contribution in [0, 0.1) is 0 Å². The van der Waals surface area contributed by atoms with Crippen molar-refractivity contribution in [2.24, 2.45) is 0 Å². The zero-order valence-electron chi connectivity index (χ0n) is 17.2. The average molecular weight is 409 g/mol. The largest absolute Gasteiger partial charge is 0.385 e. The Kier molecular flexibility index (Phi) is 6.30. The molecule has 1 fully saturated rings. The fourth-order valence-electron chi connectivity index (χ4n) is 3.95. The molecule has 7 heteroatoms. The molecule has 7 nitrogen and oxygen atoms in total. The number of hydrogen-bond acceptors (Lipinski definition) is 5. The van der Waals surface area contributed by atoms with Crippen molar-refractivity contribution >= 4 is 17.5 Å². The van der Waals surface area contributed by atoms with Crippen LogP contribution in [-0.2, 0) is 9.47 Å². The first-order chi connectivity index (χ1) is 14.7. The Morgan fingerprint density at radius 1 is 1.13 bits per heavy atom. The molecule has 2 aliphatic rings. The number of rotatable bonds is 7. The lowest BCUT2D eigenvalue weighted by atomic mass is 10.1. The molecule has 1 atom stereocenters. The van der Waals surface area contributed by atoms with Crippen LogP contribution in [0.1, 0.15) is 38.9 Å². The van der Waals surface area contributed by atoms with E-state index in [1.807, 2.05) is 58.3 Å². The van der Waals surface area contributed by atoms with E-state index in [0.717, 1.165) is 23.2 Å². The van der Waals surface area contributed by atoms with Crippen LogP contribution in [0.4, 0.5) is 5.69 Å². The predicted molar refractivity (Wildman–Crippen MR) is 113 cm³/mol. The van der Waals surface area contributed by atoms with Gasteiger partial charge in [0.2, 0.25) is 0 Å². The highest BCUT2D eigenvalue weighted by molar-refractivity contribution is 5.99. The van der Waals surface area contributed by atoms with Gasteiger partial charge in [0.25, 0.3) is 11.8 Å². The average Bonchev–Trinajstić information content (AvgIpc) is 3.06. The lowest BCUT2D eigenvalue weighted by molar-refractivity contribution is 0.0303. The third-order valence-corrected chi connectivity index (χ3v) is 5.54. The molecule has 1 unspecified atom stereocenters. The van der Waals surface area contributed by atoms with Crippen LogP contribution in [0.3, 0.4) is 0 Å². The fourth-order valence-corrected chi connectivity index (χ4v) is 3.95. The minimum Gasteiger partial charge on any atom is -0.385 e. The molecule has 1 saturated heterocycles. The van der Waals surface area contributed by atoms with Gasteiger partial charge < -0.3 is 24.6 Å². The number of fused-ring (bicyclic) bond motifs is 1. The summed E-state index contributed by atoms with van der Waals surface area (Å²) in [5, 5.41) is 3.47. The van der Waals surface area contributed by atoms with Gasteiger partial charge in [0.15, 0.2) is 0 Å². The molecule has 0 spiro atoms. The number of methoxy groups -OCH3 is 1. The lowest BCUT2D eigenvalue weighted by Crippen LogP contribution is -2.40. The number of amides is 2. The maximum absolute atomic E-state index is 12.9. The summed E-state index contributed by atoms with van der Waals surface area (Å²) in [6.07, 6.45) is 0.521. The smallest absolute Gasteiger partial charge is 0.256 e. The van der Waals surface area contributed by atoms with Crippen LogP contribution in [0.15, 0.2) is 48.5 Å². The van der Waals surface area contributed by atoms with E-state index in [1.54, 1.807) is 7.11 Å². The summed E-state index contributed by atoms with van der Waals surface area (Å²) >= 11 is 0. The van der Waals surface area contributed by atoms with Crippen LogP contribution in [0.25, 0.3) is 0 Å². The Labute approximate surface area is 176 Å². The molecule has 158 valence electrons. The zero-order valence-corrected chi connectivity index (χ0v) is 17.2. The number of nitrogens with one attached hydrogen (secondary N) is 1. The minimum absolute atomic E-state index is 0.0208. The lowest BCUT2D eigenvalue weighted by Gasteiger charge is -2.28. The summed E-state index contributed by atoms with van der Waals surface area (Å²) in [6.45, 7) is 3.61. The second-order valence-electron chi connectivity index (χ2n) is 7.46. The summed E-state index contributed by atoms with van der Waals surface area (Å²) < 4.78 is 10.5. The van der Waals surface area contributed by atoms with E-state index in [-0.39, 0.29) is 18.0 Å². The predicted octanol–water partition coefficient (Wildman–Crippen LogP) is 2.76. The van der Waals surface area contributed by atoms with Crippen molar-refractivity contribution in [3.8, 4) is 0 Å². The quantitative estimate of drug-likeness (QED) is 0.712. The first kappa shape index (κ1) is 20.4. The first-order valence-corrected chi connectivity index (χ1v) is 10.3. The van der Waals surface area contributed by atoms with Crippen LogP contribution in [-0.4, -0.2) is 68.2 Å². The third kappa shape index (κ3) is 4.17. The highest BCUT2D eigenvalue weighted by Crippen LogP contribution is 2.34. The number of morpholine rings is 1. The van der Waals surface area contributed by atoms with Crippen molar-refractivity contribution < 1.29 is 19.1 Å². The van der Waals surface area contributed by atoms with Crippen LogP contribution in [0.5, 0.6) is 0 Å². The monoisotopic (exact) mass is 409 g/mol. The Morgan fingerprint density at radius 3 is 2.60 bits per heavy atom. The molecule has 0 radical (unpaired) electrons. The van der Waals surface area contributed by atoms with Crippen molar-refractivity contribution in [2.75, 3.05) is 51.9 Å². The molecule has 0 saturated carbocycles. The normalized spacial score (nSPS) is 18.4. The van der Waals surface area contributed by atoms with E-state index >= 15 is 0 Å². The Bertz CT molecular complexity index is 894. The number of anilines is 1. The third-order valence-electron chi connectivity index (χ3n) is 5.54. The number of carbonyl (C=O) groups is 2. The van der Waals surface area contributed by atoms with Gasteiger partial charge in [-0.1, -0.05) is 18.2 Å². The van der Waals surface area contributed by atoms with Crippen molar-refractivity contribution in [3.63, 3.8) is 0 Å². The number of nitrogens with zero attached hydrogens (tertiary/aromatic N) is 2. The van der Waals surface area contributed by atoms with Crippen LogP contribution >= 0.6 is 0 Å². The molecule has 1 N–H and O–H groups in total. The van der Waals surface area contributed by atoms with E-state index in [1.165, 1.54) is 0 Å². The molecule has 4 rings (SSSR count). The van der Waals surface area contributed by atoms with Crippen molar-refractivity contribution in [2.45, 2.75) is 12.6 Å². The number of carbonyl (C=O) groups excluding carboxylic acids is 2. The highest BCUT2D eigenvalue weighted by atomic mass is 16.5. The van der Waals surface area contributed by atoms with Gasteiger partial charge in [0.1, 0.15) is 6.17 Å². The van der Waals surface area contributed by atoms with Gasteiger partial charge >= 0.3 is 0 Å². The maximum Gasteiger partial charge on any atom is 0.256 e. The summed E-state index contributed by atoms with van der Waals surface area (Å²) in [6, 6.07) is 15.1. The Morgan fingerprint density at radius 2 is 1.87 bits per heavy atom. The van der Waals surface area contributed by atoms with Gasteiger partial charge in [-0.3, -0.25) is 9.59 Å². The summed E-state index contributed by atoms with van der Waals surface area (Å²) in [5.41, 5.74) is 3.21. The molecule has 2 aromatic rings. The van der Waals surface area contributed by atoms with Crippen molar-refractivity contribution in [1.82, 2.24) is 9.80 Å². The van der Waals surface area contributed by atoms with E-state index in [4.69, 9.17) is 9.47 Å². The molecule has 2 aliphatic heterocycles. The maximum atomic E-state index is 12.9. The van der Waals surface area contributed by atoms with Crippen molar-refractivity contribution in [1.29, 1.82) is 0 Å². The van der Waals surface area contributed by atoms with Crippen molar-refractivity contribution in [3.05, 3.63) is 65.2 Å². The SMILES string of the molecule is COCCCN1C(=O)c2ccccc2C1Nc1ccc(C(=O)N2CCOCC2)cc1. The van der Waals surface area contributed by atoms with Crippen LogP contribution in [0.2, 0.25) is 0 Å². The summed E-state index contributed by atoms with van der Waals surface area (Å²) in [4.78, 5) is 29.2. The molecule has 0 bridgehead atoms. The second kappa shape index (κ2) is 9.28. The molecule has 0 aromatic heterocycles. The van der Waals surface area contributed by atoms with Gasteiger partial charge in [-0.05, 0) is 36.8 Å². The Balaban J connectivity index is 1.49. The van der Waals surface area contributed by atoms with Gasteiger partial charge in [-0.2, -0.15) is 0 Å². The topological polar surface area (TPSA) is 71.1 Å². The van der Waals surface area contributed by atoms with Gasteiger partial charge in [0.05, 0.1) is 13.2 Å². The summed E-state index contributed by atoms with van der Waals surface area (Å²) in [7, 11) is 1.66. The van der Waals surface area contributed by atoms with Crippen LogP contribution < -0.4 is 5.32 Å². The van der Waals surface area contributed by atoms with E-state index in [2.05, 4.69) is 5.32 Å². The molecule has 0 aliphatic carbocycles. The molecular weight excluding hydrogens is 382 g/mol. The van der Waals surface area contributed by atoms with E-state index in [9.17, 15) is 9.59 Å². The molecule has 30 heavy (non-hydrogen) atoms. The summed E-state index contributed by atoms with van der Waals surface area (Å²) in [5.74, 6) is 0.0470. The zero-order chi connectivity index (χ0) is 20.9. The minimum atomic E-state index is -0.244. The van der Waals surface area contributed by atoms with Gasteiger partial charge in [-0.15, -0.1) is 0 Å². The molecule has 2 amide bonds. The number of ether oxygens (including phenoxy) is 2. The molecule has 2 heterocycles. The van der Waals surface area contributed by atoms with Gasteiger partial charge in [-0.25, -0.2) is 0 Å². The first-order valence-electron chi connectivity index (χ1n) is 10.3. The molecule has 2 aromatic carbocycles. The Hall–Kier alpha value is -2.90. The number of hydrogen-bond donors (Lipinski definition) is 1. The van der Waals surface area contributed by atoms with E-state index < -0.39 is 0 Å². The van der Waals surface area contributed by atoms with E-state index in [0.29, 0.717) is 45.0 Å².